The number of amides is 3. The van der Waals surface area contributed by atoms with Gasteiger partial charge in [0.15, 0.2) is 0 Å². The summed E-state index contributed by atoms with van der Waals surface area (Å²) in [5, 5.41) is 15.8. The summed E-state index contributed by atoms with van der Waals surface area (Å²) in [5.41, 5.74) is 2.61. The Kier molecular flexibility index (Phi) is 7.39. The van der Waals surface area contributed by atoms with Crippen molar-refractivity contribution in [1.82, 2.24) is 10.2 Å². The minimum absolute atomic E-state index is 0.0726. The fourth-order valence-electron chi connectivity index (χ4n) is 5.38. The van der Waals surface area contributed by atoms with Gasteiger partial charge in [0.05, 0.1) is 24.5 Å². The van der Waals surface area contributed by atoms with Gasteiger partial charge in [-0.15, -0.1) is 0 Å². The topological polar surface area (TPSA) is 98.7 Å². The van der Waals surface area contributed by atoms with Crippen molar-refractivity contribution in [3.63, 3.8) is 0 Å². The van der Waals surface area contributed by atoms with Crippen LogP contribution in [0.5, 0.6) is 0 Å². The zero-order valence-electron chi connectivity index (χ0n) is 19.6. The van der Waals surface area contributed by atoms with Crippen LogP contribution < -0.4 is 10.6 Å². The van der Waals surface area contributed by atoms with Crippen LogP contribution in [0.4, 0.5) is 5.69 Å². The molecule has 1 saturated heterocycles. The van der Waals surface area contributed by atoms with Crippen molar-refractivity contribution in [2.45, 2.75) is 52.6 Å². The first-order chi connectivity index (χ1) is 15.3. The van der Waals surface area contributed by atoms with Crippen molar-refractivity contribution in [2.24, 2.45) is 23.7 Å². The number of para-hydroxylation sites is 1. The predicted octanol–water partition coefficient (Wildman–Crippen LogP) is 2.41. The number of fused-ring (bicyclic) bond motifs is 1. The second-order valence-corrected chi connectivity index (χ2v) is 8.89. The van der Waals surface area contributed by atoms with E-state index in [-0.39, 0.29) is 30.2 Å². The van der Waals surface area contributed by atoms with Crippen LogP contribution >= 0.6 is 0 Å². The molecule has 3 amide bonds. The van der Waals surface area contributed by atoms with Crippen molar-refractivity contribution in [2.75, 3.05) is 19.0 Å². The SMILES string of the molecule is CC[C@@H](CO)N1C(=O)[C@@H]2[C@H](C=C[C@@H](CC)[C@H]2C(=O)NC)[C@H]1C(=O)Nc1c(C)cccc1C. The van der Waals surface area contributed by atoms with Crippen LogP contribution in [0.2, 0.25) is 0 Å². The molecule has 32 heavy (non-hydrogen) atoms. The van der Waals surface area contributed by atoms with Crippen molar-refractivity contribution < 1.29 is 19.5 Å². The Morgan fingerprint density at radius 2 is 1.78 bits per heavy atom. The third-order valence-electron chi connectivity index (χ3n) is 7.14. The molecule has 6 atom stereocenters. The van der Waals surface area contributed by atoms with Crippen LogP contribution in [0.25, 0.3) is 0 Å². The molecular weight excluding hydrogens is 406 g/mol. The van der Waals surface area contributed by atoms with Gasteiger partial charge in [-0.05, 0) is 43.7 Å². The Hall–Kier alpha value is -2.67. The molecule has 0 saturated carbocycles. The molecule has 2 aliphatic rings. The largest absolute Gasteiger partial charge is 0.394 e. The van der Waals surface area contributed by atoms with E-state index in [9.17, 15) is 19.5 Å². The molecule has 1 aromatic rings. The van der Waals surface area contributed by atoms with Crippen LogP contribution in [0.3, 0.4) is 0 Å². The highest BCUT2D eigenvalue weighted by Gasteiger charge is 2.58. The van der Waals surface area contributed by atoms with Crippen LogP contribution in [0.1, 0.15) is 37.8 Å². The van der Waals surface area contributed by atoms with Gasteiger partial charge < -0.3 is 20.6 Å². The predicted molar refractivity (Wildman–Crippen MR) is 124 cm³/mol. The van der Waals surface area contributed by atoms with E-state index < -0.39 is 29.8 Å². The molecule has 174 valence electrons. The Balaban J connectivity index is 2.06. The number of benzene rings is 1. The Morgan fingerprint density at radius 3 is 2.31 bits per heavy atom. The fraction of sp³-hybridized carbons (Fsp3) is 0.560. The molecule has 3 rings (SSSR count). The number of nitrogens with zero attached hydrogens (tertiary/aromatic N) is 1. The van der Waals surface area contributed by atoms with Gasteiger partial charge in [-0.1, -0.05) is 44.2 Å². The molecule has 0 spiro atoms. The molecule has 7 nitrogen and oxygen atoms in total. The Labute approximate surface area is 190 Å². The van der Waals surface area contributed by atoms with Crippen molar-refractivity contribution >= 4 is 23.4 Å². The maximum absolute atomic E-state index is 13.7. The van der Waals surface area contributed by atoms with Crippen LogP contribution in [-0.2, 0) is 14.4 Å². The molecule has 0 aromatic heterocycles. The average Bonchev–Trinajstić information content (AvgIpc) is 3.08. The maximum Gasteiger partial charge on any atom is 0.247 e. The number of likely N-dealkylation sites (tertiary alicyclic amines) is 1. The lowest BCUT2D eigenvalue weighted by atomic mass is 9.69. The van der Waals surface area contributed by atoms with Gasteiger partial charge in [0, 0.05) is 18.7 Å². The zero-order valence-corrected chi connectivity index (χ0v) is 19.6. The van der Waals surface area contributed by atoms with Gasteiger partial charge in [-0.3, -0.25) is 14.4 Å². The lowest BCUT2D eigenvalue weighted by Gasteiger charge is -2.34. The van der Waals surface area contributed by atoms with Gasteiger partial charge in [-0.25, -0.2) is 0 Å². The van der Waals surface area contributed by atoms with Gasteiger partial charge in [-0.2, -0.15) is 0 Å². The van der Waals surface area contributed by atoms with Gasteiger partial charge in [0.25, 0.3) is 0 Å². The normalized spacial score (nSPS) is 27.8. The van der Waals surface area contributed by atoms with Crippen molar-refractivity contribution in [3.8, 4) is 0 Å². The lowest BCUT2D eigenvalue weighted by Crippen LogP contribution is -2.50. The number of carbonyl (C=O) groups excluding carboxylic acids is 3. The molecule has 1 aliphatic heterocycles. The van der Waals surface area contributed by atoms with Crippen molar-refractivity contribution in [3.05, 3.63) is 41.5 Å². The van der Waals surface area contributed by atoms with Crippen LogP contribution in [0, 0.1) is 37.5 Å². The first-order valence-corrected chi connectivity index (χ1v) is 11.5. The smallest absolute Gasteiger partial charge is 0.247 e. The molecule has 0 bridgehead atoms. The second-order valence-electron chi connectivity index (χ2n) is 8.89. The van der Waals surface area contributed by atoms with E-state index >= 15 is 0 Å². The van der Waals surface area contributed by atoms with Crippen molar-refractivity contribution in [1.29, 1.82) is 0 Å². The third kappa shape index (κ3) is 4.06. The van der Waals surface area contributed by atoms with E-state index in [0.29, 0.717) is 6.42 Å². The summed E-state index contributed by atoms with van der Waals surface area (Å²) in [6, 6.07) is 4.52. The van der Waals surface area contributed by atoms with E-state index in [2.05, 4.69) is 10.6 Å². The number of aryl methyl sites for hydroxylation is 2. The molecule has 1 aliphatic carbocycles. The lowest BCUT2D eigenvalue weighted by molar-refractivity contribution is -0.142. The number of hydrogen-bond acceptors (Lipinski definition) is 4. The molecule has 3 N–H and O–H groups in total. The number of aliphatic hydroxyl groups excluding tert-OH is 1. The number of nitrogens with one attached hydrogen (secondary N) is 2. The second kappa shape index (κ2) is 9.86. The highest BCUT2D eigenvalue weighted by atomic mass is 16.3. The monoisotopic (exact) mass is 441 g/mol. The fourth-order valence-corrected chi connectivity index (χ4v) is 5.38. The Bertz CT molecular complexity index is 888. The van der Waals surface area contributed by atoms with Crippen LogP contribution in [-0.4, -0.2) is 53.5 Å². The van der Waals surface area contributed by atoms with Gasteiger partial charge in [0.1, 0.15) is 6.04 Å². The summed E-state index contributed by atoms with van der Waals surface area (Å²) in [6.07, 6.45) is 5.16. The summed E-state index contributed by atoms with van der Waals surface area (Å²) in [4.78, 5) is 41.7. The van der Waals surface area contributed by atoms with E-state index in [0.717, 1.165) is 23.2 Å². The number of aliphatic hydroxyl groups is 1. The first kappa shape index (κ1) is 24.0. The summed E-state index contributed by atoms with van der Waals surface area (Å²) in [5.74, 6) is -2.37. The van der Waals surface area contributed by atoms with E-state index in [1.165, 1.54) is 4.90 Å². The molecule has 1 fully saturated rings. The van der Waals surface area contributed by atoms with Gasteiger partial charge >= 0.3 is 0 Å². The third-order valence-corrected chi connectivity index (χ3v) is 7.14. The number of carbonyl (C=O) groups is 3. The highest BCUT2D eigenvalue weighted by molar-refractivity contribution is 6.02. The Morgan fingerprint density at radius 1 is 1.12 bits per heavy atom. The maximum atomic E-state index is 13.7. The minimum Gasteiger partial charge on any atom is -0.394 e. The summed E-state index contributed by atoms with van der Waals surface area (Å²) >= 11 is 0. The molecule has 0 unspecified atom stereocenters. The molecule has 1 aromatic carbocycles. The molecule has 7 heteroatoms. The molecular formula is C25H35N3O4. The van der Waals surface area contributed by atoms with E-state index in [1.54, 1.807) is 7.05 Å². The highest BCUT2D eigenvalue weighted by Crippen LogP contribution is 2.46. The average molecular weight is 442 g/mol. The zero-order chi connectivity index (χ0) is 23.6. The summed E-state index contributed by atoms with van der Waals surface area (Å²) in [6.45, 7) is 7.51. The van der Waals surface area contributed by atoms with E-state index in [1.807, 2.05) is 58.0 Å². The summed E-state index contributed by atoms with van der Waals surface area (Å²) < 4.78 is 0. The number of allylic oxidation sites excluding steroid dienone is 1. The van der Waals surface area contributed by atoms with Gasteiger partial charge in [0.2, 0.25) is 17.7 Å². The quantitative estimate of drug-likeness (QED) is 0.566. The molecule has 1 heterocycles. The number of anilines is 1. The minimum atomic E-state index is -0.787. The number of hydrogen-bond donors (Lipinski definition) is 3. The van der Waals surface area contributed by atoms with Crippen LogP contribution in [0.15, 0.2) is 30.4 Å². The standard InChI is InChI=1S/C25H35N3O4/c1-6-16-11-12-18-20(19(16)23(30)26-5)25(32)28(17(7-2)13-29)22(18)24(31)27-21-14(3)9-8-10-15(21)4/h8-12,16-20,22,29H,6-7,13H2,1-5H3,(H,26,30)(H,27,31)/t16-,17+,18+,19-,20-,22+/m1/s1. The summed E-state index contributed by atoms with van der Waals surface area (Å²) in [7, 11) is 1.58. The van der Waals surface area contributed by atoms with E-state index in [4.69, 9.17) is 0 Å². The molecule has 0 radical (unpaired) electrons. The number of rotatable bonds is 7. The first-order valence-electron chi connectivity index (χ1n) is 11.5.